The van der Waals surface area contributed by atoms with Crippen LogP contribution < -0.4 is 5.73 Å². The number of hydrogen-bond donors (Lipinski definition) is 3. The molecule has 0 bridgehead atoms. The first-order valence-electron chi connectivity index (χ1n) is 6.55. The summed E-state index contributed by atoms with van der Waals surface area (Å²) in [6.45, 7) is 0. The number of thioether (sulfide) groups is 1. The molecule has 0 radical (unpaired) electrons. The third-order valence-electron chi connectivity index (χ3n) is 3.59. The van der Waals surface area contributed by atoms with Crippen LogP contribution in [-0.4, -0.2) is 56.2 Å². The van der Waals surface area contributed by atoms with E-state index in [-0.39, 0.29) is 18.2 Å². The van der Waals surface area contributed by atoms with Crippen LogP contribution in [0.4, 0.5) is 0 Å². The predicted molar refractivity (Wildman–Crippen MR) is 72.1 cm³/mol. The average Bonchev–Trinajstić information content (AvgIpc) is 3.13. The third-order valence-corrected chi connectivity index (χ3v) is 5.05. The Bertz CT molecular complexity index is 426. The largest absolute Gasteiger partial charge is 0.481 e. The summed E-state index contributed by atoms with van der Waals surface area (Å²) in [6, 6.07) is -1.80. The summed E-state index contributed by atoms with van der Waals surface area (Å²) < 4.78 is 0. The van der Waals surface area contributed by atoms with E-state index in [2.05, 4.69) is 0 Å². The number of aliphatic carboxylic acids is 2. The zero-order chi connectivity index (χ0) is 14.9. The number of carboxylic acid groups (broad SMARTS) is 2. The fourth-order valence-electron chi connectivity index (χ4n) is 2.34. The Labute approximate surface area is 120 Å². The molecule has 3 unspecified atom stereocenters. The summed E-state index contributed by atoms with van der Waals surface area (Å²) in [7, 11) is 0. The van der Waals surface area contributed by atoms with Gasteiger partial charge in [-0.05, 0) is 25.2 Å². The highest BCUT2D eigenvalue weighted by molar-refractivity contribution is 8.00. The summed E-state index contributed by atoms with van der Waals surface area (Å²) in [6.07, 6.45) is 1.83. The maximum absolute atomic E-state index is 12.3. The number of carbonyl (C=O) groups is 3. The minimum atomic E-state index is -1.03. The second-order valence-corrected chi connectivity index (χ2v) is 6.35. The Hall–Kier alpha value is -1.28. The Morgan fingerprint density at radius 2 is 1.95 bits per heavy atom. The van der Waals surface area contributed by atoms with E-state index in [9.17, 15) is 19.5 Å². The maximum atomic E-state index is 12.3. The topological polar surface area (TPSA) is 121 Å². The summed E-state index contributed by atoms with van der Waals surface area (Å²) in [5, 5.41) is 17.7. The van der Waals surface area contributed by atoms with Crippen LogP contribution in [0.25, 0.3) is 0 Å². The molecule has 2 rings (SSSR count). The SMILES string of the molecule is NC(CCC(=O)O)C(=O)N1C(C(=O)O)CSC1C1CC1. The lowest BCUT2D eigenvalue weighted by Crippen LogP contribution is -2.52. The fraction of sp³-hybridized carbons (Fsp3) is 0.750. The van der Waals surface area contributed by atoms with Gasteiger partial charge in [0.15, 0.2) is 0 Å². The van der Waals surface area contributed by atoms with Gasteiger partial charge in [-0.3, -0.25) is 9.59 Å². The first-order chi connectivity index (χ1) is 9.41. The molecule has 0 spiro atoms. The first kappa shape index (κ1) is 15.1. The van der Waals surface area contributed by atoms with Crippen molar-refractivity contribution in [1.82, 2.24) is 4.90 Å². The van der Waals surface area contributed by atoms with Gasteiger partial charge in [-0.1, -0.05) is 0 Å². The number of carbonyl (C=O) groups excluding carboxylic acids is 1. The molecule has 112 valence electrons. The summed E-state index contributed by atoms with van der Waals surface area (Å²) in [5.74, 6) is -1.77. The molecular weight excluding hydrogens is 284 g/mol. The van der Waals surface area contributed by atoms with Gasteiger partial charge in [0.25, 0.3) is 0 Å². The number of rotatable bonds is 6. The molecule has 1 amide bonds. The van der Waals surface area contributed by atoms with Crippen LogP contribution in [-0.2, 0) is 14.4 Å². The van der Waals surface area contributed by atoms with Crippen molar-refractivity contribution in [2.45, 2.75) is 43.1 Å². The van der Waals surface area contributed by atoms with E-state index in [0.717, 1.165) is 12.8 Å². The molecule has 20 heavy (non-hydrogen) atoms. The van der Waals surface area contributed by atoms with Crippen LogP contribution >= 0.6 is 11.8 Å². The van der Waals surface area contributed by atoms with Crippen molar-refractivity contribution in [2.24, 2.45) is 11.7 Å². The zero-order valence-electron chi connectivity index (χ0n) is 10.9. The molecule has 7 nitrogen and oxygen atoms in total. The average molecular weight is 302 g/mol. The Balaban J connectivity index is 2.06. The second-order valence-electron chi connectivity index (χ2n) is 5.20. The van der Waals surface area contributed by atoms with Crippen LogP contribution in [0, 0.1) is 5.92 Å². The third kappa shape index (κ3) is 3.24. The second kappa shape index (κ2) is 6.01. The Morgan fingerprint density at radius 3 is 2.45 bits per heavy atom. The molecule has 1 saturated heterocycles. The maximum Gasteiger partial charge on any atom is 0.327 e. The van der Waals surface area contributed by atoms with E-state index in [0.29, 0.717) is 11.7 Å². The first-order valence-corrected chi connectivity index (χ1v) is 7.60. The van der Waals surface area contributed by atoms with Crippen molar-refractivity contribution < 1.29 is 24.6 Å². The quantitative estimate of drug-likeness (QED) is 0.628. The summed E-state index contributed by atoms with van der Waals surface area (Å²) in [4.78, 5) is 35.5. The monoisotopic (exact) mass is 302 g/mol. The van der Waals surface area contributed by atoms with Crippen molar-refractivity contribution in [3.63, 3.8) is 0 Å². The lowest BCUT2D eigenvalue weighted by molar-refractivity contribution is -0.150. The van der Waals surface area contributed by atoms with Gasteiger partial charge in [0.05, 0.1) is 11.4 Å². The van der Waals surface area contributed by atoms with Gasteiger partial charge in [-0.25, -0.2) is 4.79 Å². The van der Waals surface area contributed by atoms with Gasteiger partial charge in [-0.2, -0.15) is 0 Å². The van der Waals surface area contributed by atoms with E-state index < -0.39 is 29.9 Å². The normalized spacial score (nSPS) is 27.4. The molecule has 3 atom stereocenters. The van der Waals surface area contributed by atoms with Gasteiger partial charge in [0.1, 0.15) is 6.04 Å². The highest BCUT2D eigenvalue weighted by Gasteiger charge is 2.48. The van der Waals surface area contributed by atoms with Crippen molar-refractivity contribution in [2.75, 3.05) is 5.75 Å². The molecule has 0 aromatic carbocycles. The molecule has 1 saturated carbocycles. The van der Waals surface area contributed by atoms with Crippen LogP contribution in [0.3, 0.4) is 0 Å². The van der Waals surface area contributed by atoms with Gasteiger partial charge in [0.2, 0.25) is 5.91 Å². The Morgan fingerprint density at radius 1 is 1.30 bits per heavy atom. The molecule has 0 aromatic rings. The standard InChI is InChI=1S/C12H18N2O5S/c13-7(3-4-9(15)16)10(17)14-8(12(18)19)5-20-11(14)6-1-2-6/h6-8,11H,1-5,13H2,(H,15,16)(H,18,19). The highest BCUT2D eigenvalue weighted by Crippen LogP contribution is 2.45. The summed E-state index contributed by atoms with van der Waals surface area (Å²) >= 11 is 1.48. The minimum absolute atomic E-state index is 0.0268. The molecule has 8 heteroatoms. The van der Waals surface area contributed by atoms with Crippen molar-refractivity contribution in [3.05, 3.63) is 0 Å². The molecule has 2 fully saturated rings. The number of nitrogens with zero attached hydrogens (tertiary/aromatic N) is 1. The van der Waals surface area contributed by atoms with Gasteiger partial charge < -0.3 is 20.8 Å². The minimum Gasteiger partial charge on any atom is -0.481 e. The number of carboxylic acids is 2. The molecule has 1 aliphatic heterocycles. The van der Waals surface area contributed by atoms with E-state index in [1.807, 2.05) is 0 Å². The van der Waals surface area contributed by atoms with E-state index in [1.54, 1.807) is 0 Å². The number of amides is 1. The molecule has 4 N–H and O–H groups in total. The van der Waals surface area contributed by atoms with Crippen molar-refractivity contribution in [1.29, 1.82) is 0 Å². The number of nitrogens with two attached hydrogens (primary N) is 1. The van der Waals surface area contributed by atoms with Crippen LogP contribution in [0.15, 0.2) is 0 Å². The smallest absolute Gasteiger partial charge is 0.327 e. The lowest BCUT2D eigenvalue weighted by Gasteiger charge is -2.29. The molecular formula is C12H18N2O5S. The highest BCUT2D eigenvalue weighted by atomic mass is 32.2. The van der Waals surface area contributed by atoms with Gasteiger partial charge in [-0.15, -0.1) is 11.8 Å². The van der Waals surface area contributed by atoms with Crippen LogP contribution in [0.5, 0.6) is 0 Å². The van der Waals surface area contributed by atoms with Crippen LogP contribution in [0.2, 0.25) is 0 Å². The Kier molecular flexibility index (Phi) is 4.54. The van der Waals surface area contributed by atoms with Gasteiger partial charge in [0, 0.05) is 12.2 Å². The fourth-order valence-corrected chi connectivity index (χ4v) is 3.97. The molecule has 1 heterocycles. The molecule has 1 aliphatic carbocycles. The van der Waals surface area contributed by atoms with E-state index in [4.69, 9.17) is 10.8 Å². The van der Waals surface area contributed by atoms with E-state index >= 15 is 0 Å². The zero-order valence-corrected chi connectivity index (χ0v) is 11.7. The van der Waals surface area contributed by atoms with E-state index in [1.165, 1.54) is 16.7 Å². The van der Waals surface area contributed by atoms with Gasteiger partial charge >= 0.3 is 11.9 Å². The summed E-state index contributed by atoms with van der Waals surface area (Å²) in [5.41, 5.74) is 5.73. The van der Waals surface area contributed by atoms with Crippen molar-refractivity contribution in [3.8, 4) is 0 Å². The van der Waals surface area contributed by atoms with Crippen LogP contribution in [0.1, 0.15) is 25.7 Å². The molecule has 2 aliphatic rings. The number of hydrogen-bond acceptors (Lipinski definition) is 5. The van der Waals surface area contributed by atoms with Crippen molar-refractivity contribution >= 4 is 29.6 Å². The molecule has 0 aromatic heterocycles. The lowest BCUT2D eigenvalue weighted by atomic mass is 10.1. The predicted octanol–water partition coefficient (Wildman–Crippen LogP) is -0.0568.